The molecule has 118 valence electrons. The summed E-state index contributed by atoms with van der Waals surface area (Å²) in [7, 11) is 0. The van der Waals surface area contributed by atoms with E-state index in [4.69, 9.17) is 0 Å². The maximum Gasteiger partial charge on any atom is 0.326 e. The average molecular weight is 320 g/mol. The summed E-state index contributed by atoms with van der Waals surface area (Å²) in [5, 5.41) is 12.4. The van der Waals surface area contributed by atoms with E-state index in [-0.39, 0.29) is 11.9 Å². The molecule has 0 aromatic carbocycles. The van der Waals surface area contributed by atoms with Crippen molar-refractivity contribution >= 4 is 23.2 Å². The Morgan fingerprint density at radius 2 is 2.00 bits per heavy atom. The third-order valence-electron chi connectivity index (χ3n) is 5.28. The van der Waals surface area contributed by atoms with Crippen molar-refractivity contribution < 1.29 is 14.7 Å². The first-order valence-corrected chi connectivity index (χ1v) is 9.04. The van der Waals surface area contributed by atoms with Crippen LogP contribution in [-0.4, -0.2) is 39.0 Å². The van der Waals surface area contributed by atoms with Crippen molar-refractivity contribution in [2.45, 2.75) is 62.9 Å². The quantitative estimate of drug-likeness (QED) is 0.929. The number of fused-ring (bicyclic) bond motifs is 1. The zero-order valence-electron chi connectivity index (χ0n) is 12.4. The van der Waals surface area contributed by atoms with Gasteiger partial charge in [0.15, 0.2) is 0 Å². The fourth-order valence-corrected chi connectivity index (χ4v) is 4.97. The molecule has 0 radical (unpaired) electrons. The van der Waals surface area contributed by atoms with Crippen LogP contribution in [0.5, 0.6) is 0 Å². The second-order valence-electron chi connectivity index (χ2n) is 6.76. The number of hydrogen-bond donors (Lipinski definition) is 1. The van der Waals surface area contributed by atoms with Gasteiger partial charge in [-0.15, -0.1) is 11.3 Å². The summed E-state index contributed by atoms with van der Waals surface area (Å²) in [5.41, 5.74) is 0.448. The average Bonchev–Trinajstić information content (AvgIpc) is 3.12. The predicted octanol–water partition coefficient (Wildman–Crippen LogP) is 2.88. The van der Waals surface area contributed by atoms with E-state index < -0.39 is 12.0 Å². The van der Waals surface area contributed by atoms with Crippen LogP contribution in [-0.2, 0) is 4.79 Å². The highest BCUT2D eigenvalue weighted by molar-refractivity contribution is 7.10. The molecule has 4 rings (SSSR count). The van der Waals surface area contributed by atoms with E-state index in [1.54, 1.807) is 16.2 Å². The highest BCUT2D eigenvalue weighted by Gasteiger charge is 2.48. The molecule has 2 saturated carbocycles. The molecule has 1 N–H and O–H groups in total. The molecule has 3 aliphatic rings. The van der Waals surface area contributed by atoms with E-state index in [2.05, 4.69) is 4.98 Å². The van der Waals surface area contributed by atoms with Crippen LogP contribution in [0.25, 0.3) is 0 Å². The molecule has 1 amide bonds. The van der Waals surface area contributed by atoms with Crippen LogP contribution in [0.15, 0.2) is 5.38 Å². The Morgan fingerprint density at radius 3 is 2.73 bits per heavy atom. The molecular weight excluding hydrogens is 300 g/mol. The maximum absolute atomic E-state index is 12.9. The molecule has 1 aliphatic heterocycles. The Balaban J connectivity index is 1.61. The van der Waals surface area contributed by atoms with Crippen molar-refractivity contribution in [3.8, 4) is 0 Å². The smallest absolute Gasteiger partial charge is 0.326 e. The fourth-order valence-electron chi connectivity index (χ4n) is 4.01. The van der Waals surface area contributed by atoms with Crippen LogP contribution in [0.3, 0.4) is 0 Å². The van der Waals surface area contributed by atoms with Gasteiger partial charge in [0, 0.05) is 17.3 Å². The molecule has 5 nitrogen and oxygen atoms in total. The van der Waals surface area contributed by atoms with Gasteiger partial charge in [0.2, 0.25) is 0 Å². The zero-order chi connectivity index (χ0) is 15.3. The van der Waals surface area contributed by atoms with Gasteiger partial charge >= 0.3 is 5.97 Å². The first kappa shape index (κ1) is 14.2. The van der Waals surface area contributed by atoms with Crippen molar-refractivity contribution in [1.29, 1.82) is 0 Å². The number of carbonyl (C=O) groups excluding carboxylic acids is 1. The number of aliphatic carboxylic acids is 1. The Morgan fingerprint density at radius 1 is 1.23 bits per heavy atom. The molecule has 3 atom stereocenters. The van der Waals surface area contributed by atoms with Crippen molar-refractivity contribution in [1.82, 2.24) is 9.88 Å². The third kappa shape index (κ3) is 2.33. The summed E-state index contributed by atoms with van der Waals surface area (Å²) in [6.45, 7) is 0. The summed E-state index contributed by atoms with van der Waals surface area (Å²) in [6.07, 6.45) is 7.13. The molecule has 0 unspecified atom stereocenters. The highest BCUT2D eigenvalue weighted by Crippen LogP contribution is 2.43. The van der Waals surface area contributed by atoms with Gasteiger partial charge in [-0.1, -0.05) is 12.8 Å². The number of carboxylic acids is 1. The second kappa shape index (κ2) is 5.33. The van der Waals surface area contributed by atoms with Crippen LogP contribution >= 0.6 is 11.3 Å². The monoisotopic (exact) mass is 320 g/mol. The van der Waals surface area contributed by atoms with Crippen molar-refractivity contribution in [3.05, 3.63) is 16.1 Å². The SMILES string of the molecule is O=C(O)[C@@H]1C[C@@H]2CCCC[C@@H]2N1C(=O)c1csc(C2CC2)n1. The summed E-state index contributed by atoms with van der Waals surface area (Å²) in [4.78, 5) is 30.6. The third-order valence-corrected chi connectivity index (χ3v) is 6.28. The number of thiazole rings is 1. The van der Waals surface area contributed by atoms with Gasteiger partial charge in [-0.25, -0.2) is 9.78 Å². The Hall–Kier alpha value is -1.43. The number of rotatable bonds is 3. The Kier molecular flexibility index (Phi) is 3.44. The van der Waals surface area contributed by atoms with Gasteiger partial charge < -0.3 is 10.0 Å². The number of likely N-dealkylation sites (tertiary alicyclic amines) is 1. The van der Waals surface area contributed by atoms with Crippen LogP contribution in [0.4, 0.5) is 0 Å². The number of carboxylic acid groups (broad SMARTS) is 1. The molecule has 2 heterocycles. The van der Waals surface area contributed by atoms with E-state index >= 15 is 0 Å². The summed E-state index contributed by atoms with van der Waals surface area (Å²) >= 11 is 1.54. The molecule has 6 heteroatoms. The minimum Gasteiger partial charge on any atom is -0.480 e. The molecule has 2 aliphatic carbocycles. The van der Waals surface area contributed by atoms with Crippen LogP contribution in [0.1, 0.15) is 66.4 Å². The molecule has 1 aromatic rings. The molecule has 1 aromatic heterocycles. The van der Waals surface area contributed by atoms with E-state index in [0.29, 0.717) is 24.0 Å². The first-order valence-electron chi connectivity index (χ1n) is 8.16. The summed E-state index contributed by atoms with van der Waals surface area (Å²) in [6, 6.07) is -0.583. The fraction of sp³-hybridized carbons (Fsp3) is 0.688. The number of carbonyl (C=O) groups is 2. The Labute approximate surface area is 133 Å². The number of hydrogen-bond acceptors (Lipinski definition) is 4. The lowest BCUT2D eigenvalue weighted by atomic mass is 9.84. The van der Waals surface area contributed by atoms with Gasteiger partial charge in [0.05, 0.1) is 5.01 Å². The highest BCUT2D eigenvalue weighted by atomic mass is 32.1. The van der Waals surface area contributed by atoms with Crippen molar-refractivity contribution in [2.24, 2.45) is 5.92 Å². The largest absolute Gasteiger partial charge is 0.480 e. The van der Waals surface area contributed by atoms with E-state index in [1.807, 2.05) is 5.38 Å². The van der Waals surface area contributed by atoms with E-state index in [9.17, 15) is 14.7 Å². The lowest BCUT2D eigenvalue weighted by Crippen LogP contribution is -2.46. The van der Waals surface area contributed by atoms with Gasteiger partial charge in [-0.2, -0.15) is 0 Å². The second-order valence-corrected chi connectivity index (χ2v) is 7.65. The molecular formula is C16H20N2O3S. The van der Waals surface area contributed by atoms with Crippen molar-refractivity contribution in [3.63, 3.8) is 0 Å². The van der Waals surface area contributed by atoms with Crippen LogP contribution in [0, 0.1) is 5.92 Å². The summed E-state index contributed by atoms with van der Waals surface area (Å²) < 4.78 is 0. The van der Waals surface area contributed by atoms with Crippen LogP contribution < -0.4 is 0 Å². The zero-order valence-corrected chi connectivity index (χ0v) is 13.2. The number of nitrogens with zero attached hydrogens (tertiary/aromatic N) is 2. The van der Waals surface area contributed by atoms with Crippen LogP contribution in [0.2, 0.25) is 0 Å². The Bertz CT molecular complexity index is 610. The van der Waals surface area contributed by atoms with Gasteiger partial charge in [-0.3, -0.25) is 4.79 Å². The van der Waals surface area contributed by atoms with Crippen molar-refractivity contribution in [2.75, 3.05) is 0 Å². The molecule has 22 heavy (non-hydrogen) atoms. The van der Waals surface area contributed by atoms with E-state index in [0.717, 1.165) is 43.5 Å². The number of aromatic nitrogens is 1. The molecule has 3 fully saturated rings. The topological polar surface area (TPSA) is 70.5 Å². The summed E-state index contributed by atoms with van der Waals surface area (Å²) in [5.74, 6) is -0.173. The number of amides is 1. The van der Waals surface area contributed by atoms with Gasteiger partial charge in [-0.05, 0) is 38.0 Å². The van der Waals surface area contributed by atoms with Gasteiger partial charge in [0.25, 0.3) is 5.91 Å². The van der Waals surface area contributed by atoms with Gasteiger partial charge in [0.1, 0.15) is 11.7 Å². The minimum absolute atomic E-state index is 0.0911. The molecule has 1 saturated heterocycles. The molecule has 0 bridgehead atoms. The minimum atomic E-state index is -0.875. The molecule has 0 spiro atoms. The maximum atomic E-state index is 12.9. The van der Waals surface area contributed by atoms with E-state index in [1.165, 1.54) is 0 Å². The predicted molar refractivity (Wildman–Crippen MR) is 82.0 cm³/mol. The lowest BCUT2D eigenvalue weighted by molar-refractivity contribution is -0.141. The first-order chi connectivity index (χ1) is 10.6. The normalized spacial score (nSPS) is 31.1. The standard InChI is InChI=1S/C16H20N2O3S/c19-15(11-8-22-14(17-11)9-5-6-9)18-12-4-2-1-3-10(12)7-13(18)16(20)21/h8-10,12-13H,1-7H2,(H,20,21)/t10-,12-,13-/m0/s1. The lowest BCUT2D eigenvalue weighted by Gasteiger charge is -2.32.